The standard InChI is InChI=1S/C14H18N2O4/c1-14(9-19-10-14)13(18)16-6-4-15(5-7-16)12(17)11-3-2-8-20-11/h2-3,8H,4-7,9-10H2,1H3. The summed E-state index contributed by atoms with van der Waals surface area (Å²) in [5.74, 6) is 0.373. The first-order valence-corrected chi connectivity index (χ1v) is 6.80. The highest BCUT2D eigenvalue weighted by Gasteiger charge is 2.44. The molecule has 2 aliphatic rings. The summed E-state index contributed by atoms with van der Waals surface area (Å²) in [6, 6.07) is 3.36. The lowest BCUT2D eigenvalue weighted by atomic mass is 9.86. The van der Waals surface area contributed by atoms with E-state index in [4.69, 9.17) is 9.15 Å². The zero-order valence-corrected chi connectivity index (χ0v) is 11.5. The van der Waals surface area contributed by atoms with Gasteiger partial charge in [-0.3, -0.25) is 9.59 Å². The van der Waals surface area contributed by atoms with E-state index in [1.165, 1.54) is 6.26 Å². The van der Waals surface area contributed by atoms with Gasteiger partial charge in [0.2, 0.25) is 5.91 Å². The van der Waals surface area contributed by atoms with Crippen molar-refractivity contribution in [1.29, 1.82) is 0 Å². The Bertz CT molecular complexity index is 499. The summed E-state index contributed by atoms with van der Waals surface area (Å²) >= 11 is 0. The molecule has 20 heavy (non-hydrogen) atoms. The van der Waals surface area contributed by atoms with Crippen LogP contribution in [0.15, 0.2) is 22.8 Å². The highest BCUT2D eigenvalue weighted by atomic mass is 16.5. The molecule has 0 bridgehead atoms. The van der Waals surface area contributed by atoms with Gasteiger partial charge in [0.1, 0.15) is 0 Å². The van der Waals surface area contributed by atoms with Crippen LogP contribution >= 0.6 is 0 Å². The minimum absolute atomic E-state index is 0.111. The van der Waals surface area contributed by atoms with Crippen LogP contribution in [-0.4, -0.2) is 61.0 Å². The van der Waals surface area contributed by atoms with Crippen LogP contribution in [0.25, 0.3) is 0 Å². The first-order valence-electron chi connectivity index (χ1n) is 6.80. The molecule has 3 heterocycles. The molecule has 3 rings (SSSR count). The molecular weight excluding hydrogens is 260 g/mol. The Hall–Kier alpha value is -1.82. The predicted molar refractivity (Wildman–Crippen MR) is 70.1 cm³/mol. The molecule has 0 saturated carbocycles. The lowest BCUT2D eigenvalue weighted by molar-refractivity contribution is -0.170. The van der Waals surface area contributed by atoms with Crippen LogP contribution < -0.4 is 0 Å². The number of hydrogen-bond donors (Lipinski definition) is 0. The molecule has 2 aliphatic heterocycles. The molecule has 1 aromatic heterocycles. The van der Waals surface area contributed by atoms with E-state index >= 15 is 0 Å². The SMILES string of the molecule is CC1(C(=O)N2CCN(C(=O)c3ccco3)CC2)COC1. The fourth-order valence-electron chi connectivity index (χ4n) is 2.58. The van der Waals surface area contributed by atoms with Gasteiger partial charge in [-0.2, -0.15) is 0 Å². The largest absolute Gasteiger partial charge is 0.459 e. The average Bonchev–Trinajstić information content (AvgIpc) is 2.97. The number of carbonyl (C=O) groups is 2. The summed E-state index contributed by atoms with van der Waals surface area (Å²) in [7, 11) is 0. The van der Waals surface area contributed by atoms with E-state index < -0.39 is 0 Å². The first-order chi connectivity index (χ1) is 9.60. The first kappa shape index (κ1) is 13.2. The smallest absolute Gasteiger partial charge is 0.289 e. The molecule has 0 radical (unpaired) electrons. The van der Waals surface area contributed by atoms with Crippen molar-refractivity contribution in [3.8, 4) is 0 Å². The molecular formula is C14H18N2O4. The zero-order valence-electron chi connectivity index (χ0n) is 11.5. The van der Waals surface area contributed by atoms with Gasteiger partial charge in [-0.25, -0.2) is 0 Å². The third-order valence-electron chi connectivity index (χ3n) is 3.94. The second-order valence-corrected chi connectivity index (χ2v) is 5.62. The van der Waals surface area contributed by atoms with Crippen LogP contribution in [0.3, 0.4) is 0 Å². The lowest BCUT2D eigenvalue weighted by Crippen LogP contribution is -2.58. The van der Waals surface area contributed by atoms with E-state index in [1.54, 1.807) is 17.0 Å². The normalized spacial score (nSPS) is 21.4. The highest BCUT2D eigenvalue weighted by molar-refractivity contribution is 5.91. The van der Waals surface area contributed by atoms with E-state index in [2.05, 4.69) is 0 Å². The van der Waals surface area contributed by atoms with Gasteiger partial charge in [0.25, 0.3) is 5.91 Å². The summed E-state index contributed by atoms with van der Waals surface area (Å²) < 4.78 is 10.2. The maximum absolute atomic E-state index is 12.3. The molecule has 0 unspecified atom stereocenters. The molecule has 2 amide bonds. The average molecular weight is 278 g/mol. The number of nitrogens with zero attached hydrogens (tertiary/aromatic N) is 2. The Balaban J connectivity index is 1.57. The van der Waals surface area contributed by atoms with Gasteiger partial charge in [-0.15, -0.1) is 0 Å². The van der Waals surface area contributed by atoms with Crippen LogP contribution in [0.5, 0.6) is 0 Å². The van der Waals surface area contributed by atoms with Gasteiger partial charge >= 0.3 is 0 Å². The van der Waals surface area contributed by atoms with E-state index in [0.717, 1.165) is 0 Å². The third-order valence-corrected chi connectivity index (χ3v) is 3.94. The van der Waals surface area contributed by atoms with Gasteiger partial charge in [0, 0.05) is 26.2 Å². The molecule has 2 saturated heterocycles. The van der Waals surface area contributed by atoms with E-state index in [1.807, 2.05) is 11.8 Å². The van der Waals surface area contributed by atoms with Gasteiger partial charge in [-0.05, 0) is 19.1 Å². The molecule has 6 nitrogen and oxygen atoms in total. The second-order valence-electron chi connectivity index (χ2n) is 5.62. The van der Waals surface area contributed by atoms with Gasteiger partial charge < -0.3 is 19.0 Å². The summed E-state index contributed by atoms with van der Waals surface area (Å²) in [6.45, 7) is 5.15. The van der Waals surface area contributed by atoms with Crippen molar-refractivity contribution in [1.82, 2.24) is 9.80 Å². The summed E-state index contributed by atoms with van der Waals surface area (Å²) in [5, 5.41) is 0. The van der Waals surface area contributed by atoms with Gasteiger partial charge in [0.15, 0.2) is 5.76 Å². The number of rotatable bonds is 2. The molecule has 108 valence electrons. The van der Waals surface area contributed by atoms with Crippen molar-refractivity contribution in [2.45, 2.75) is 6.92 Å². The van der Waals surface area contributed by atoms with Crippen molar-refractivity contribution in [2.24, 2.45) is 5.41 Å². The number of furan rings is 1. The van der Waals surface area contributed by atoms with Crippen LogP contribution in [0.2, 0.25) is 0 Å². The topological polar surface area (TPSA) is 63.0 Å². The molecule has 1 aromatic rings. The zero-order chi connectivity index (χ0) is 14.2. The maximum Gasteiger partial charge on any atom is 0.289 e. The summed E-state index contributed by atoms with van der Waals surface area (Å²) in [6.07, 6.45) is 1.49. The minimum atomic E-state index is -0.368. The van der Waals surface area contributed by atoms with Crippen molar-refractivity contribution in [3.63, 3.8) is 0 Å². The second kappa shape index (κ2) is 4.94. The number of hydrogen-bond acceptors (Lipinski definition) is 4. The van der Waals surface area contributed by atoms with E-state index in [0.29, 0.717) is 45.2 Å². The van der Waals surface area contributed by atoms with Crippen LogP contribution in [0.4, 0.5) is 0 Å². The lowest BCUT2D eigenvalue weighted by Gasteiger charge is -2.43. The highest BCUT2D eigenvalue weighted by Crippen LogP contribution is 2.29. The maximum atomic E-state index is 12.3. The summed E-state index contributed by atoms with van der Waals surface area (Å²) in [5.41, 5.74) is -0.368. The fraction of sp³-hybridized carbons (Fsp3) is 0.571. The van der Waals surface area contributed by atoms with Crippen LogP contribution in [0.1, 0.15) is 17.5 Å². The molecule has 6 heteroatoms. The molecule has 0 spiro atoms. The van der Waals surface area contributed by atoms with Crippen LogP contribution in [-0.2, 0) is 9.53 Å². The minimum Gasteiger partial charge on any atom is -0.459 e. The fourth-order valence-corrected chi connectivity index (χ4v) is 2.58. The Morgan fingerprint density at radius 1 is 1.15 bits per heavy atom. The Morgan fingerprint density at radius 2 is 1.80 bits per heavy atom. The predicted octanol–water partition coefficient (Wildman–Crippen LogP) is 0.601. The van der Waals surface area contributed by atoms with Gasteiger partial charge in [0.05, 0.1) is 24.9 Å². The number of ether oxygens (including phenoxy) is 1. The quantitative estimate of drug-likeness (QED) is 0.795. The third kappa shape index (κ3) is 2.20. The number of piperazine rings is 1. The van der Waals surface area contributed by atoms with Crippen molar-refractivity contribution in [3.05, 3.63) is 24.2 Å². The monoisotopic (exact) mass is 278 g/mol. The van der Waals surface area contributed by atoms with Gasteiger partial charge in [-0.1, -0.05) is 0 Å². The Labute approximate surface area is 117 Å². The van der Waals surface area contributed by atoms with Crippen molar-refractivity contribution < 1.29 is 18.7 Å². The Morgan fingerprint density at radius 3 is 2.30 bits per heavy atom. The molecule has 0 aromatic carbocycles. The summed E-state index contributed by atoms with van der Waals surface area (Å²) in [4.78, 5) is 28.0. The Kier molecular flexibility index (Phi) is 3.25. The number of amides is 2. The molecule has 2 fully saturated rings. The van der Waals surface area contributed by atoms with E-state index in [9.17, 15) is 9.59 Å². The van der Waals surface area contributed by atoms with Crippen LogP contribution in [0, 0.1) is 5.41 Å². The van der Waals surface area contributed by atoms with Crippen molar-refractivity contribution >= 4 is 11.8 Å². The molecule has 0 atom stereocenters. The molecule has 0 N–H and O–H groups in total. The van der Waals surface area contributed by atoms with E-state index in [-0.39, 0.29) is 17.2 Å². The number of carbonyl (C=O) groups excluding carboxylic acids is 2. The van der Waals surface area contributed by atoms with Crippen molar-refractivity contribution in [2.75, 3.05) is 39.4 Å². The molecule has 0 aliphatic carbocycles.